The Morgan fingerprint density at radius 3 is 2.11 bits per heavy atom. The molecule has 0 spiro atoms. The molecule has 0 aliphatic rings. The zero-order valence-electron chi connectivity index (χ0n) is 19.9. The van der Waals surface area contributed by atoms with Crippen molar-refractivity contribution in [2.75, 3.05) is 7.05 Å². The molecule has 1 amide bonds. The molecule has 10 heteroatoms. The van der Waals surface area contributed by atoms with E-state index in [-0.39, 0.29) is 10.5 Å². The highest BCUT2D eigenvalue weighted by Crippen LogP contribution is 2.34. The van der Waals surface area contributed by atoms with Crippen molar-refractivity contribution in [2.45, 2.75) is 37.5 Å². The Morgan fingerprint density at radius 1 is 0.944 bits per heavy atom. The molecule has 3 rings (SSSR count). The summed E-state index contributed by atoms with van der Waals surface area (Å²) in [6.07, 6.45) is -4.64. The molecule has 1 N–H and O–H groups in total. The molecule has 0 saturated carbocycles. The van der Waals surface area contributed by atoms with Gasteiger partial charge in [-0.2, -0.15) is 17.5 Å². The van der Waals surface area contributed by atoms with Gasteiger partial charge in [-0.3, -0.25) is 4.79 Å². The normalized spacial score (nSPS) is 13.1. The number of nitrogens with one attached hydrogen (secondary N) is 1. The van der Waals surface area contributed by atoms with E-state index in [4.69, 9.17) is 0 Å². The number of halogens is 4. The van der Waals surface area contributed by atoms with Crippen LogP contribution in [0.1, 0.15) is 25.0 Å². The Balaban J connectivity index is 1.88. The average molecular weight is 523 g/mol. The molecule has 3 aromatic rings. The van der Waals surface area contributed by atoms with Crippen LogP contribution in [0.4, 0.5) is 17.6 Å². The van der Waals surface area contributed by atoms with Crippen LogP contribution in [0.15, 0.2) is 77.7 Å². The third-order valence-corrected chi connectivity index (χ3v) is 7.61. The van der Waals surface area contributed by atoms with Gasteiger partial charge in [-0.25, -0.2) is 12.8 Å². The lowest BCUT2D eigenvalue weighted by Gasteiger charge is -2.29. The van der Waals surface area contributed by atoms with Crippen LogP contribution < -0.4 is 5.32 Å². The Labute approximate surface area is 207 Å². The summed E-state index contributed by atoms with van der Waals surface area (Å²) in [5, 5.41) is 2.48. The quantitative estimate of drug-likeness (QED) is 0.399. The first-order valence-electron chi connectivity index (χ1n) is 11.1. The lowest BCUT2D eigenvalue weighted by molar-refractivity contribution is -0.138. The first-order valence-corrected chi connectivity index (χ1v) is 12.5. The van der Waals surface area contributed by atoms with Crippen molar-refractivity contribution in [1.82, 2.24) is 9.62 Å². The standard InChI is InChI=1S/C26H26F4N2O3S/c1-17(2)24(32(3)36(34,35)22-12-10-21(27)11-13-22)25(33)31-16-20-15-19(18-7-5-4-6-8-18)9-14-23(20)26(28,29)30/h4-15,17,24H,16H2,1-3H3,(H,31,33). The molecule has 1 unspecified atom stereocenters. The molecule has 1 atom stereocenters. The zero-order chi connectivity index (χ0) is 26.7. The fourth-order valence-corrected chi connectivity index (χ4v) is 5.37. The number of carbonyl (C=O) groups is 1. The Morgan fingerprint density at radius 2 is 1.56 bits per heavy atom. The zero-order valence-corrected chi connectivity index (χ0v) is 20.7. The first-order chi connectivity index (χ1) is 16.8. The van der Waals surface area contributed by atoms with Crippen molar-refractivity contribution in [3.05, 3.63) is 89.7 Å². The number of rotatable bonds is 8. The van der Waals surface area contributed by atoms with Crippen LogP contribution in [-0.2, 0) is 27.5 Å². The van der Waals surface area contributed by atoms with E-state index in [2.05, 4.69) is 5.32 Å². The number of sulfonamides is 1. The number of hydrogen-bond acceptors (Lipinski definition) is 3. The molecule has 0 heterocycles. The van der Waals surface area contributed by atoms with E-state index in [0.29, 0.717) is 11.1 Å². The molecule has 0 aliphatic carbocycles. The van der Waals surface area contributed by atoms with Crippen LogP contribution in [0.2, 0.25) is 0 Å². The number of alkyl halides is 3. The second kappa shape index (κ2) is 10.8. The fourth-order valence-electron chi connectivity index (χ4n) is 3.92. The molecule has 36 heavy (non-hydrogen) atoms. The van der Waals surface area contributed by atoms with Crippen molar-refractivity contribution in [1.29, 1.82) is 0 Å². The minimum atomic E-state index is -4.64. The highest BCUT2D eigenvalue weighted by Gasteiger charge is 2.36. The summed E-state index contributed by atoms with van der Waals surface area (Å²) in [4.78, 5) is 12.9. The largest absolute Gasteiger partial charge is 0.416 e. The van der Waals surface area contributed by atoms with E-state index in [1.54, 1.807) is 44.2 Å². The summed E-state index contributed by atoms with van der Waals surface area (Å²) in [5.41, 5.74) is 0.216. The molecule has 0 radical (unpaired) electrons. The van der Waals surface area contributed by atoms with Gasteiger partial charge >= 0.3 is 6.18 Å². The van der Waals surface area contributed by atoms with Gasteiger partial charge < -0.3 is 5.32 Å². The molecule has 0 aromatic heterocycles. The van der Waals surface area contributed by atoms with Gasteiger partial charge in [0.05, 0.1) is 10.5 Å². The van der Waals surface area contributed by atoms with Gasteiger partial charge in [0.25, 0.3) is 0 Å². The molecule has 0 saturated heterocycles. The van der Waals surface area contributed by atoms with Crippen LogP contribution in [0.5, 0.6) is 0 Å². The number of amides is 1. The third-order valence-electron chi connectivity index (χ3n) is 5.75. The van der Waals surface area contributed by atoms with Gasteiger partial charge in [0.2, 0.25) is 15.9 Å². The average Bonchev–Trinajstić information content (AvgIpc) is 2.82. The molecule has 0 bridgehead atoms. The number of nitrogens with zero attached hydrogens (tertiary/aromatic N) is 1. The highest BCUT2D eigenvalue weighted by atomic mass is 32.2. The van der Waals surface area contributed by atoms with Gasteiger partial charge in [0.15, 0.2) is 0 Å². The molecule has 192 valence electrons. The van der Waals surface area contributed by atoms with Crippen LogP contribution >= 0.6 is 0 Å². The van der Waals surface area contributed by atoms with Crippen LogP contribution in [0, 0.1) is 11.7 Å². The lowest BCUT2D eigenvalue weighted by Crippen LogP contribution is -2.50. The summed E-state index contributed by atoms with van der Waals surface area (Å²) in [7, 11) is -2.97. The van der Waals surface area contributed by atoms with Gasteiger partial charge in [0, 0.05) is 13.6 Å². The Bertz CT molecular complexity index is 1310. The predicted molar refractivity (Wildman–Crippen MR) is 129 cm³/mol. The van der Waals surface area contributed by atoms with E-state index in [1.165, 1.54) is 19.2 Å². The second-order valence-electron chi connectivity index (χ2n) is 8.62. The van der Waals surface area contributed by atoms with Crippen molar-refractivity contribution in [3.63, 3.8) is 0 Å². The summed E-state index contributed by atoms with van der Waals surface area (Å²) in [6, 6.07) is 15.5. The maximum atomic E-state index is 13.7. The Hall–Kier alpha value is -3.24. The van der Waals surface area contributed by atoms with Crippen molar-refractivity contribution in [3.8, 4) is 11.1 Å². The van der Waals surface area contributed by atoms with Crippen LogP contribution in [0.3, 0.4) is 0 Å². The Kier molecular flexibility index (Phi) is 8.20. The molecule has 3 aromatic carbocycles. The number of carbonyl (C=O) groups excluding carboxylic acids is 1. The summed E-state index contributed by atoms with van der Waals surface area (Å²) < 4.78 is 81.2. The molecule has 0 fully saturated rings. The summed E-state index contributed by atoms with van der Waals surface area (Å²) in [5.74, 6) is -1.88. The maximum Gasteiger partial charge on any atom is 0.416 e. The van der Waals surface area contributed by atoms with E-state index in [0.717, 1.165) is 34.6 Å². The van der Waals surface area contributed by atoms with Crippen molar-refractivity contribution < 1.29 is 30.8 Å². The van der Waals surface area contributed by atoms with Crippen molar-refractivity contribution >= 4 is 15.9 Å². The molecule has 5 nitrogen and oxygen atoms in total. The molecular weight excluding hydrogens is 496 g/mol. The molecular formula is C26H26F4N2O3S. The molecule has 0 aliphatic heterocycles. The first kappa shape index (κ1) is 27.3. The minimum Gasteiger partial charge on any atom is -0.351 e. The fraction of sp³-hybridized carbons (Fsp3) is 0.269. The van der Waals surface area contributed by atoms with E-state index >= 15 is 0 Å². The van der Waals surface area contributed by atoms with Crippen LogP contribution in [0.25, 0.3) is 11.1 Å². The number of hydrogen-bond donors (Lipinski definition) is 1. The smallest absolute Gasteiger partial charge is 0.351 e. The summed E-state index contributed by atoms with van der Waals surface area (Å²) >= 11 is 0. The van der Waals surface area contributed by atoms with E-state index in [1.807, 2.05) is 0 Å². The van der Waals surface area contributed by atoms with Crippen LogP contribution in [-0.4, -0.2) is 31.7 Å². The van der Waals surface area contributed by atoms with E-state index in [9.17, 15) is 30.8 Å². The van der Waals surface area contributed by atoms with Gasteiger partial charge in [0.1, 0.15) is 11.9 Å². The SMILES string of the molecule is CC(C)C(C(=O)NCc1cc(-c2ccccc2)ccc1C(F)(F)F)N(C)S(=O)(=O)c1ccc(F)cc1. The lowest BCUT2D eigenvalue weighted by atomic mass is 9.98. The van der Waals surface area contributed by atoms with Gasteiger partial charge in [-0.1, -0.05) is 50.2 Å². The van der Waals surface area contributed by atoms with Crippen molar-refractivity contribution in [2.24, 2.45) is 5.92 Å². The van der Waals surface area contributed by atoms with E-state index < -0.39 is 52.0 Å². The predicted octanol–water partition coefficient (Wildman–Crippen LogP) is 5.47. The minimum absolute atomic E-state index is 0.149. The monoisotopic (exact) mass is 522 g/mol. The highest BCUT2D eigenvalue weighted by molar-refractivity contribution is 7.89. The topological polar surface area (TPSA) is 66.5 Å². The van der Waals surface area contributed by atoms with Gasteiger partial charge in [-0.15, -0.1) is 0 Å². The maximum absolute atomic E-state index is 13.7. The number of likely N-dealkylation sites (N-methyl/N-ethyl adjacent to an activating group) is 1. The third kappa shape index (κ3) is 6.11. The second-order valence-corrected chi connectivity index (χ2v) is 10.6. The number of benzene rings is 3. The summed E-state index contributed by atoms with van der Waals surface area (Å²) in [6.45, 7) is 2.79. The van der Waals surface area contributed by atoms with Gasteiger partial charge in [-0.05, 0) is 59.0 Å².